The van der Waals surface area contributed by atoms with Crippen molar-refractivity contribution in [3.8, 4) is 17.4 Å². The lowest BCUT2D eigenvalue weighted by Crippen LogP contribution is -2.32. The summed E-state index contributed by atoms with van der Waals surface area (Å²) < 4.78 is 68.6. The van der Waals surface area contributed by atoms with Crippen molar-refractivity contribution in [1.29, 1.82) is 0 Å². The number of hydrogen-bond donors (Lipinski definition) is 1. The van der Waals surface area contributed by atoms with E-state index in [9.17, 15) is 13.2 Å². The summed E-state index contributed by atoms with van der Waals surface area (Å²) in [6.07, 6.45) is 3.73. The van der Waals surface area contributed by atoms with Crippen LogP contribution in [0.25, 0.3) is 0 Å². The molecule has 3 aromatic rings. The smallest absolute Gasteiger partial charge is 0.283 e. The Kier molecular flexibility index (Phi) is 4.81. The van der Waals surface area contributed by atoms with Crippen molar-refractivity contribution < 1.29 is 31.5 Å². The zero-order valence-corrected chi connectivity index (χ0v) is 19.0. The Morgan fingerprint density at radius 3 is 2.82 bits per heavy atom. The Morgan fingerprint density at radius 1 is 1.30 bits per heavy atom. The number of methoxy groups -OCH3 is 2. The van der Waals surface area contributed by atoms with Crippen LogP contribution in [0.2, 0.25) is 0 Å². The van der Waals surface area contributed by atoms with E-state index in [0.717, 1.165) is 0 Å². The van der Waals surface area contributed by atoms with Crippen LogP contribution in [0.5, 0.6) is 17.4 Å². The number of nitrogens with one attached hydrogen (secondary N) is 1. The Labute approximate surface area is 195 Å². The Hall–Kier alpha value is -3.60. The topological polar surface area (TPSA) is 122 Å². The second-order valence-electron chi connectivity index (χ2n) is 8.02. The highest BCUT2D eigenvalue weighted by atomic mass is 32.2. The van der Waals surface area contributed by atoms with Crippen molar-refractivity contribution in [3.63, 3.8) is 0 Å². The van der Waals surface area contributed by atoms with Crippen molar-refractivity contribution >= 4 is 15.9 Å². The van der Waals surface area contributed by atoms with Gasteiger partial charge in [0, 0.05) is 24.4 Å². The van der Waals surface area contributed by atoms with Gasteiger partial charge < -0.3 is 14.2 Å². The van der Waals surface area contributed by atoms with E-state index in [4.69, 9.17) is 18.3 Å². The molecule has 0 radical (unpaired) electrons. The monoisotopic (exact) mass is 475 g/mol. The Bertz CT molecular complexity index is 1410. The van der Waals surface area contributed by atoms with Crippen LogP contribution in [0, 0.1) is 0 Å². The zero-order valence-electron chi connectivity index (χ0n) is 21.2. The first-order valence-corrected chi connectivity index (χ1v) is 11.4. The van der Waals surface area contributed by atoms with Crippen LogP contribution in [-0.2, 0) is 23.0 Å². The second-order valence-corrected chi connectivity index (χ2v) is 9.64. The van der Waals surface area contributed by atoms with Crippen LogP contribution in [-0.4, -0.2) is 48.8 Å². The third-order valence-corrected chi connectivity index (χ3v) is 6.39. The highest BCUT2D eigenvalue weighted by Gasteiger charge is 2.38. The molecule has 1 N–H and O–H groups in total. The van der Waals surface area contributed by atoms with E-state index in [-0.39, 0.29) is 17.3 Å². The van der Waals surface area contributed by atoms with Gasteiger partial charge in [0.1, 0.15) is 22.8 Å². The van der Waals surface area contributed by atoms with Gasteiger partial charge in [0.05, 0.1) is 24.8 Å². The van der Waals surface area contributed by atoms with E-state index in [0.29, 0.717) is 24.1 Å². The molecule has 4 rings (SSSR count). The van der Waals surface area contributed by atoms with Crippen LogP contribution in [0.3, 0.4) is 0 Å². The lowest BCUT2D eigenvalue weighted by Gasteiger charge is -2.19. The fourth-order valence-corrected chi connectivity index (χ4v) is 4.87. The fraction of sp³-hybridized carbons (Fsp3) is 0.318. The summed E-state index contributed by atoms with van der Waals surface area (Å²) in [4.78, 5) is 16.5. The normalized spacial score (nSPS) is 16.0. The molecule has 174 valence electrons. The summed E-state index contributed by atoms with van der Waals surface area (Å²) in [5.41, 5.74) is 0.180. The number of carbonyl (C=O) groups is 1. The van der Waals surface area contributed by atoms with Gasteiger partial charge in [-0.25, -0.2) is 18.1 Å². The molecule has 2 aromatic heterocycles. The molecule has 0 saturated carbocycles. The third kappa shape index (κ3) is 4.49. The minimum absolute atomic E-state index is 0.0674. The van der Waals surface area contributed by atoms with E-state index in [1.165, 1.54) is 25.3 Å². The van der Waals surface area contributed by atoms with Crippen LogP contribution in [0.1, 0.15) is 39.6 Å². The van der Waals surface area contributed by atoms with Gasteiger partial charge in [0.15, 0.2) is 4.90 Å². The maximum atomic E-state index is 13.4. The molecule has 0 spiro atoms. The number of nitrogens with zero attached hydrogens (tertiary/aromatic N) is 3. The standard InChI is InChI=1S/C22H24N4O6S/c1-22(2)12-14-7-9-17(30-3)19(18(14)32-22)33(28,29)25-20(27)16-8-6-15(21(24-16)31-4)13-26-11-5-10-23-26/h5-11H,12-13H2,1-4H3,(H,25,27)/i3D3. The number of carbonyl (C=O) groups excluding carboxylic acids is 1. The predicted molar refractivity (Wildman–Crippen MR) is 118 cm³/mol. The Balaban J connectivity index is 1.67. The first-order valence-electron chi connectivity index (χ1n) is 11.4. The number of hydrogen-bond acceptors (Lipinski definition) is 8. The molecule has 0 atom stereocenters. The van der Waals surface area contributed by atoms with E-state index >= 15 is 0 Å². The maximum absolute atomic E-state index is 13.4. The van der Waals surface area contributed by atoms with Gasteiger partial charge in [-0.1, -0.05) is 6.07 Å². The van der Waals surface area contributed by atoms with Gasteiger partial charge >= 0.3 is 0 Å². The molecular formula is C22H24N4O6S. The van der Waals surface area contributed by atoms with Gasteiger partial charge in [-0.3, -0.25) is 9.48 Å². The van der Waals surface area contributed by atoms with Crippen LogP contribution in [0.4, 0.5) is 0 Å². The number of amides is 1. The second kappa shape index (κ2) is 8.39. The first kappa shape index (κ1) is 18.9. The Morgan fingerprint density at radius 2 is 2.12 bits per heavy atom. The molecule has 3 heterocycles. The highest BCUT2D eigenvalue weighted by Crippen LogP contribution is 2.44. The van der Waals surface area contributed by atoms with Crippen LogP contribution >= 0.6 is 0 Å². The first-order chi connectivity index (χ1) is 16.8. The molecule has 10 nitrogen and oxygen atoms in total. The van der Waals surface area contributed by atoms with Crippen molar-refractivity contribution in [2.24, 2.45) is 0 Å². The molecule has 1 amide bonds. The van der Waals surface area contributed by atoms with Gasteiger partial charge in [-0.15, -0.1) is 0 Å². The van der Waals surface area contributed by atoms with Gasteiger partial charge in [-0.2, -0.15) is 5.10 Å². The van der Waals surface area contributed by atoms with Crippen molar-refractivity contribution in [3.05, 3.63) is 59.5 Å². The van der Waals surface area contributed by atoms with Gasteiger partial charge in [0.2, 0.25) is 5.88 Å². The SMILES string of the molecule is [2H]C([2H])([2H])Oc1ccc2c(c1S(=O)(=O)NC(=O)c1ccc(Cn3cccn3)c(OC)n1)OC(C)(C)C2. The summed E-state index contributed by atoms with van der Waals surface area (Å²) in [5, 5.41) is 4.11. The lowest BCUT2D eigenvalue weighted by molar-refractivity contribution is 0.0975. The quantitative estimate of drug-likeness (QED) is 0.552. The van der Waals surface area contributed by atoms with Crippen molar-refractivity contribution in [1.82, 2.24) is 19.5 Å². The summed E-state index contributed by atoms with van der Waals surface area (Å²) in [6.45, 7) is 3.84. The van der Waals surface area contributed by atoms with Gasteiger partial charge in [-0.05, 0) is 43.7 Å². The molecule has 0 fully saturated rings. The summed E-state index contributed by atoms with van der Waals surface area (Å²) in [5.74, 6) is -1.46. The molecule has 1 aliphatic rings. The number of benzene rings is 1. The molecule has 0 bridgehead atoms. The molecule has 0 unspecified atom stereocenters. The van der Waals surface area contributed by atoms with Gasteiger partial charge in [0.25, 0.3) is 15.9 Å². The predicted octanol–water partition coefficient (Wildman–Crippen LogP) is 2.18. The number of pyridine rings is 1. The molecule has 1 aliphatic heterocycles. The number of rotatable bonds is 7. The molecule has 1 aromatic carbocycles. The highest BCUT2D eigenvalue weighted by molar-refractivity contribution is 7.90. The maximum Gasteiger partial charge on any atom is 0.283 e. The van der Waals surface area contributed by atoms with E-state index < -0.39 is 39.2 Å². The average Bonchev–Trinajstić information content (AvgIpc) is 3.38. The molecule has 0 saturated heterocycles. The summed E-state index contributed by atoms with van der Waals surface area (Å²) in [6, 6.07) is 7.45. The fourth-order valence-electron chi connectivity index (χ4n) is 3.63. The number of fused-ring (bicyclic) bond motifs is 1. The van der Waals surface area contributed by atoms with E-state index in [1.54, 1.807) is 43.1 Å². The number of sulfonamides is 1. The van der Waals surface area contributed by atoms with Crippen molar-refractivity contribution in [2.75, 3.05) is 14.1 Å². The minimum atomic E-state index is -4.65. The largest absolute Gasteiger partial charge is 0.495 e. The minimum Gasteiger partial charge on any atom is -0.495 e. The average molecular weight is 476 g/mol. The summed E-state index contributed by atoms with van der Waals surface area (Å²) in [7, 11) is -6.21. The van der Waals surface area contributed by atoms with Crippen molar-refractivity contribution in [2.45, 2.75) is 37.3 Å². The summed E-state index contributed by atoms with van der Waals surface area (Å²) >= 11 is 0. The third-order valence-electron chi connectivity index (χ3n) is 5.01. The zero-order chi connectivity index (χ0) is 26.3. The molecular weight excluding hydrogens is 448 g/mol. The molecule has 33 heavy (non-hydrogen) atoms. The molecule has 11 heteroatoms. The number of ether oxygens (including phenoxy) is 3. The van der Waals surface area contributed by atoms with E-state index in [2.05, 4.69) is 10.1 Å². The number of aromatic nitrogens is 3. The molecule has 0 aliphatic carbocycles. The van der Waals surface area contributed by atoms with Crippen LogP contribution in [0.15, 0.2) is 47.6 Å². The van der Waals surface area contributed by atoms with E-state index in [1.807, 2.05) is 4.72 Å². The lowest BCUT2D eigenvalue weighted by atomic mass is 10.0. The van der Waals surface area contributed by atoms with Crippen LogP contribution < -0.4 is 18.9 Å².